The molecule has 0 saturated carbocycles. The van der Waals surface area contributed by atoms with Crippen LogP contribution in [0.4, 0.5) is 10.1 Å². The van der Waals surface area contributed by atoms with E-state index in [1.165, 1.54) is 11.6 Å². The van der Waals surface area contributed by atoms with Gasteiger partial charge in [-0.15, -0.1) is 11.3 Å². The Bertz CT molecular complexity index is 462. The molecule has 0 unspecified atom stereocenters. The highest BCUT2D eigenvalue weighted by atomic mass is 32.1. The molecule has 14 heavy (non-hydrogen) atoms. The quantitative estimate of drug-likeness (QED) is 0.712. The Morgan fingerprint density at radius 2 is 2.07 bits per heavy atom. The summed E-state index contributed by atoms with van der Waals surface area (Å²) in [5.74, 6) is -0.352. The van der Waals surface area contributed by atoms with Gasteiger partial charge >= 0.3 is 0 Å². The molecule has 0 radical (unpaired) electrons. The standard InChI is InChI=1S/C11H10FNS/c1-7-4-5-14-11(7)8-2-3-10(13)9(12)6-8/h2-6H,13H2,1H3. The van der Waals surface area contributed by atoms with E-state index in [1.54, 1.807) is 17.4 Å². The number of anilines is 1. The number of nitrogens with two attached hydrogens (primary N) is 1. The van der Waals surface area contributed by atoms with Gasteiger partial charge in [-0.3, -0.25) is 0 Å². The lowest BCUT2D eigenvalue weighted by atomic mass is 10.1. The largest absolute Gasteiger partial charge is 0.396 e. The lowest BCUT2D eigenvalue weighted by Crippen LogP contribution is -1.90. The fourth-order valence-corrected chi connectivity index (χ4v) is 2.26. The maximum absolute atomic E-state index is 13.2. The molecule has 2 N–H and O–H groups in total. The van der Waals surface area contributed by atoms with E-state index in [9.17, 15) is 4.39 Å². The first kappa shape index (κ1) is 9.21. The number of nitrogen functional groups attached to an aromatic ring is 1. The lowest BCUT2D eigenvalue weighted by Gasteiger charge is -2.01. The molecule has 2 aromatic rings. The zero-order chi connectivity index (χ0) is 10.1. The number of hydrogen-bond acceptors (Lipinski definition) is 2. The van der Waals surface area contributed by atoms with Gasteiger partial charge in [-0.25, -0.2) is 4.39 Å². The van der Waals surface area contributed by atoms with Gasteiger partial charge in [-0.2, -0.15) is 0 Å². The second kappa shape index (κ2) is 3.42. The molecular formula is C11H10FNS. The Balaban J connectivity index is 2.53. The lowest BCUT2D eigenvalue weighted by molar-refractivity contribution is 0.633. The highest BCUT2D eigenvalue weighted by molar-refractivity contribution is 7.13. The predicted molar refractivity (Wildman–Crippen MR) is 58.9 cm³/mol. The first-order chi connectivity index (χ1) is 6.68. The predicted octanol–water partition coefficient (Wildman–Crippen LogP) is 3.44. The molecule has 2 rings (SSSR count). The number of halogens is 1. The van der Waals surface area contributed by atoms with Crippen molar-refractivity contribution in [2.75, 3.05) is 5.73 Å². The van der Waals surface area contributed by atoms with Crippen LogP contribution in [-0.2, 0) is 0 Å². The highest BCUT2D eigenvalue weighted by Crippen LogP contribution is 2.30. The third-order valence-corrected chi connectivity index (χ3v) is 3.19. The number of aryl methyl sites for hydroxylation is 1. The Labute approximate surface area is 86.0 Å². The van der Waals surface area contributed by atoms with E-state index in [1.807, 2.05) is 24.4 Å². The van der Waals surface area contributed by atoms with Crippen molar-refractivity contribution in [1.29, 1.82) is 0 Å². The molecule has 0 aliphatic carbocycles. The second-order valence-corrected chi connectivity index (χ2v) is 4.09. The van der Waals surface area contributed by atoms with E-state index < -0.39 is 0 Å². The fourth-order valence-electron chi connectivity index (χ4n) is 1.34. The van der Waals surface area contributed by atoms with Gasteiger partial charge in [0.2, 0.25) is 0 Å². The summed E-state index contributed by atoms with van der Waals surface area (Å²) >= 11 is 1.61. The minimum Gasteiger partial charge on any atom is -0.396 e. The second-order valence-electron chi connectivity index (χ2n) is 3.17. The monoisotopic (exact) mass is 207 g/mol. The van der Waals surface area contributed by atoms with Gasteiger partial charge in [-0.05, 0) is 41.6 Å². The van der Waals surface area contributed by atoms with Gasteiger partial charge in [0.1, 0.15) is 5.82 Å². The molecule has 1 aromatic heterocycles. The minimum absolute atomic E-state index is 0.197. The average Bonchev–Trinajstić information content (AvgIpc) is 2.57. The number of benzene rings is 1. The van der Waals surface area contributed by atoms with Crippen molar-refractivity contribution < 1.29 is 4.39 Å². The van der Waals surface area contributed by atoms with E-state index in [0.29, 0.717) is 0 Å². The normalized spacial score (nSPS) is 10.4. The molecule has 1 nitrogen and oxygen atoms in total. The van der Waals surface area contributed by atoms with Crippen LogP contribution in [0.25, 0.3) is 10.4 Å². The van der Waals surface area contributed by atoms with Crippen LogP contribution in [0.15, 0.2) is 29.6 Å². The summed E-state index contributed by atoms with van der Waals surface area (Å²) in [7, 11) is 0. The summed E-state index contributed by atoms with van der Waals surface area (Å²) in [5.41, 5.74) is 7.66. The van der Waals surface area contributed by atoms with Crippen molar-refractivity contribution in [3.05, 3.63) is 41.0 Å². The number of rotatable bonds is 1. The van der Waals surface area contributed by atoms with Crippen LogP contribution in [0.3, 0.4) is 0 Å². The van der Waals surface area contributed by atoms with Gasteiger partial charge in [0, 0.05) is 4.88 Å². The molecule has 0 amide bonds. The van der Waals surface area contributed by atoms with E-state index in [2.05, 4.69) is 0 Å². The minimum atomic E-state index is -0.352. The molecule has 1 aromatic carbocycles. The molecule has 0 aliphatic heterocycles. The van der Waals surface area contributed by atoms with Crippen molar-refractivity contribution in [2.45, 2.75) is 6.92 Å². The molecule has 72 valence electrons. The Hall–Kier alpha value is -1.35. The van der Waals surface area contributed by atoms with Crippen molar-refractivity contribution in [1.82, 2.24) is 0 Å². The van der Waals surface area contributed by atoms with Gasteiger partial charge in [0.25, 0.3) is 0 Å². The number of thiophene rings is 1. The Morgan fingerprint density at radius 1 is 1.29 bits per heavy atom. The van der Waals surface area contributed by atoms with Gasteiger partial charge < -0.3 is 5.73 Å². The van der Waals surface area contributed by atoms with Crippen molar-refractivity contribution >= 4 is 17.0 Å². The molecular weight excluding hydrogens is 197 g/mol. The van der Waals surface area contributed by atoms with E-state index in [-0.39, 0.29) is 11.5 Å². The third-order valence-electron chi connectivity index (χ3n) is 2.12. The summed E-state index contributed by atoms with van der Waals surface area (Å²) in [6, 6.07) is 6.95. The van der Waals surface area contributed by atoms with Crippen LogP contribution >= 0.6 is 11.3 Å². The molecule has 1 heterocycles. The van der Waals surface area contributed by atoms with Gasteiger partial charge in [0.15, 0.2) is 0 Å². The zero-order valence-corrected chi connectivity index (χ0v) is 8.57. The van der Waals surface area contributed by atoms with E-state index in [4.69, 9.17) is 5.73 Å². The van der Waals surface area contributed by atoms with Crippen LogP contribution in [0.5, 0.6) is 0 Å². The molecule has 0 bridgehead atoms. The Morgan fingerprint density at radius 3 is 2.64 bits per heavy atom. The third kappa shape index (κ3) is 1.51. The van der Waals surface area contributed by atoms with Crippen LogP contribution in [0.1, 0.15) is 5.56 Å². The van der Waals surface area contributed by atoms with Gasteiger partial charge in [0.05, 0.1) is 5.69 Å². The van der Waals surface area contributed by atoms with Crippen LogP contribution in [0, 0.1) is 12.7 Å². The maximum Gasteiger partial charge on any atom is 0.146 e. The topological polar surface area (TPSA) is 26.0 Å². The average molecular weight is 207 g/mol. The summed E-state index contributed by atoms with van der Waals surface area (Å²) in [4.78, 5) is 1.10. The zero-order valence-electron chi connectivity index (χ0n) is 7.75. The van der Waals surface area contributed by atoms with Crippen molar-refractivity contribution in [2.24, 2.45) is 0 Å². The fraction of sp³-hybridized carbons (Fsp3) is 0.0909. The van der Waals surface area contributed by atoms with Crippen molar-refractivity contribution in [3.8, 4) is 10.4 Å². The molecule has 0 aliphatic rings. The maximum atomic E-state index is 13.2. The summed E-state index contributed by atoms with van der Waals surface area (Å²) in [5, 5.41) is 2.00. The first-order valence-electron chi connectivity index (χ1n) is 4.28. The first-order valence-corrected chi connectivity index (χ1v) is 5.16. The van der Waals surface area contributed by atoms with Gasteiger partial charge in [-0.1, -0.05) is 6.07 Å². The smallest absolute Gasteiger partial charge is 0.146 e. The molecule has 0 atom stereocenters. The summed E-state index contributed by atoms with van der Waals surface area (Å²) in [6.45, 7) is 2.01. The Kier molecular flexibility index (Phi) is 2.25. The molecule has 3 heteroatoms. The molecule has 0 spiro atoms. The summed E-state index contributed by atoms with van der Waals surface area (Å²) < 4.78 is 13.2. The van der Waals surface area contributed by atoms with E-state index >= 15 is 0 Å². The van der Waals surface area contributed by atoms with Crippen molar-refractivity contribution in [3.63, 3.8) is 0 Å². The van der Waals surface area contributed by atoms with Crippen LogP contribution in [0.2, 0.25) is 0 Å². The van der Waals surface area contributed by atoms with Crippen LogP contribution in [-0.4, -0.2) is 0 Å². The van der Waals surface area contributed by atoms with E-state index in [0.717, 1.165) is 10.4 Å². The SMILES string of the molecule is Cc1ccsc1-c1ccc(N)c(F)c1. The number of hydrogen-bond donors (Lipinski definition) is 1. The molecule has 0 saturated heterocycles. The summed E-state index contributed by atoms with van der Waals surface area (Å²) in [6.07, 6.45) is 0. The van der Waals surface area contributed by atoms with Crippen LogP contribution < -0.4 is 5.73 Å². The molecule has 0 fully saturated rings. The highest BCUT2D eigenvalue weighted by Gasteiger charge is 2.05.